The van der Waals surface area contributed by atoms with Crippen LogP contribution in [-0.4, -0.2) is 95.4 Å². The fourth-order valence-corrected chi connectivity index (χ4v) is 10.9. The first-order valence-corrected chi connectivity index (χ1v) is 31.6. The molecule has 2 amide bonds. The van der Waals surface area contributed by atoms with E-state index in [9.17, 15) is 14.7 Å². The Balaban J connectivity index is 2.54. The second kappa shape index (κ2) is 49.9. The second-order valence-corrected chi connectivity index (χ2v) is 22.4. The van der Waals surface area contributed by atoms with Crippen molar-refractivity contribution in [1.29, 1.82) is 0 Å². The number of aliphatic hydroxyl groups excluding tert-OH is 1. The first-order chi connectivity index (χ1) is 34.3. The predicted octanol–water partition coefficient (Wildman–Crippen LogP) is 18.4. The van der Waals surface area contributed by atoms with Crippen molar-refractivity contribution in [2.45, 2.75) is 348 Å². The van der Waals surface area contributed by atoms with Crippen LogP contribution in [0.25, 0.3) is 0 Å². The minimum Gasteiger partial charge on any atom is -0.393 e. The van der Waals surface area contributed by atoms with Crippen LogP contribution in [0.5, 0.6) is 0 Å². The lowest BCUT2D eigenvalue weighted by Gasteiger charge is -2.36. The third kappa shape index (κ3) is 38.3. The van der Waals surface area contributed by atoms with Gasteiger partial charge in [0, 0.05) is 32.2 Å². The van der Waals surface area contributed by atoms with E-state index in [2.05, 4.69) is 32.6 Å². The molecule has 0 aliphatic heterocycles. The lowest BCUT2D eigenvalue weighted by molar-refractivity contribution is -0.137. The highest BCUT2D eigenvalue weighted by Gasteiger charge is 2.26. The summed E-state index contributed by atoms with van der Waals surface area (Å²) < 4.78 is 31.1. The molecule has 0 spiro atoms. The van der Waals surface area contributed by atoms with E-state index >= 15 is 8.78 Å². The third-order valence-electron chi connectivity index (χ3n) is 15.8. The zero-order valence-corrected chi connectivity index (χ0v) is 47.4. The van der Waals surface area contributed by atoms with Gasteiger partial charge in [0.25, 0.3) is 11.8 Å². The summed E-state index contributed by atoms with van der Waals surface area (Å²) in [5, 5.41) is 10.2. The summed E-state index contributed by atoms with van der Waals surface area (Å²) in [6, 6.07) is 0.491. The number of hydrogen-bond acceptors (Lipinski definition) is 4. The summed E-state index contributed by atoms with van der Waals surface area (Å²) in [6.45, 7) is 13.8. The van der Waals surface area contributed by atoms with E-state index in [4.69, 9.17) is 0 Å². The number of alkyl halides is 2. The Kier molecular flexibility index (Phi) is 47.6. The Morgan fingerprint density at radius 2 is 0.586 bits per heavy atom. The van der Waals surface area contributed by atoms with Crippen LogP contribution in [0.1, 0.15) is 323 Å². The van der Waals surface area contributed by atoms with Gasteiger partial charge in [-0.1, -0.05) is 246 Å². The van der Waals surface area contributed by atoms with Gasteiger partial charge in [-0.25, -0.2) is 8.78 Å². The van der Waals surface area contributed by atoms with Gasteiger partial charge in [0.1, 0.15) is 0 Å². The van der Waals surface area contributed by atoms with Gasteiger partial charge < -0.3 is 19.8 Å². The maximum absolute atomic E-state index is 15.6. The summed E-state index contributed by atoms with van der Waals surface area (Å²) in [5.41, 5.74) is 0. The summed E-state index contributed by atoms with van der Waals surface area (Å²) in [4.78, 5) is 33.3. The first kappa shape index (κ1) is 66.7. The van der Waals surface area contributed by atoms with Crippen LogP contribution in [0, 0.1) is 0 Å². The van der Waals surface area contributed by atoms with Gasteiger partial charge >= 0.3 is 0 Å². The molecule has 2 unspecified atom stereocenters. The molecule has 0 heterocycles. The van der Waals surface area contributed by atoms with Crippen LogP contribution >= 0.6 is 0 Å². The Morgan fingerprint density at radius 3 is 0.857 bits per heavy atom. The van der Waals surface area contributed by atoms with Crippen molar-refractivity contribution in [1.82, 2.24) is 14.7 Å². The highest BCUT2D eigenvalue weighted by Crippen LogP contribution is 2.25. The molecular formula is C62H121F2N3O3. The molecule has 1 aliphatic rings. The number of unbranched alkanes of at least 4 members (excludes halogenated alkanes) is 34. The Morgan fingerprint density at radius 1 is 0.357 bits per heavy atom. The fraction of sp³-hybridized carbons (Fsp3) is 0.968. The van der Waals surface area contributed by atoms with Crippen LogP contribution in [-0.2, 0) is 9.59 Å². The molecule has 70 heavy (non-hydrogen) atoms. The molecule has 2 atom stereocenters. The van der Waals surface area contributed by atoms with E-state index in [-0.39, 0.29) is 17.9 Å². The summed E-state index contributed by atoms with van der Waals surface area (Å²) in [5.74, 6) is -0.536. The quantitative estimate of drug-likeness (QED) is 0.0617. The van der Waals surface area contributed by atoms with Gasteiger partial charge in [-0.05, 0) is 90.1 Å². The molecule has 0 aromatic rings. The summed E-state index contributed by atoms with van der Waals surface area (Å²) in [7, 11) is 0. The number of carbonyl (C=O) groups is 2. The number of carbonyl (C=O) groups excluding carboxylic acids is 2. The van der Waals surface area contributed by atoms with Crippen molar-refractivity contribution < 1.29 is 23.5 Å². The first-order valence-electron chi connectivity index (χ1n) is 31.6. The van der Waals surface area contributed by atoms with Crippen LogP contribution in [0.4, 0.5) is 8.78 Å². The monoisotopic (exact) mass is 994 g/mol. The smallest absolute Gasteiger partial charge is 0.257 e. The third-order valence-corrected chi connectivity index (χ3v) is 15.8. The Bertz CT molecular complexity index is 1010. The number of hydrogen-bond donors (Lipinski definition) is 1. The average molecular weight is 995 g/mol. The molecule has 6 nitrogen and oxygen atoms in total. The fourth-order valence-electron chi connectivity index (χ4n) is 10.9. The van der Waals surface area contributed by atoms with Gasteiger partial charge in [-0.15, -0.1) is 0 Å². The zero-order chi connectivity index (χ0) is 51.0. The summed E-state index contributed by atoms with van der Waals surface area (Å²) in [6.07, 6.45) is 48.3. The van der Waals surface area contributed by atoms with Crippen molar-refractivity contribution >= 4 is 11.8 Å². The molecule has 8 heteroatoms. The minimum atomic E-state index is -1.39. The van der Waals surface area contributed by atoms with Gasteiger partial charge in [-0.2, -0.15) is 0 Å². The molecule has 416 valence electrons. The predicted molar refractivity (Wildman–Crippen MR) is 299 cm³/mol. The zero-order valence-electron chi connectivity index (χ0n) is 47.4. The number of aliphatic hydroxyl groups is 1. The highest BCUT2D eigenvalue weighted by atomic mass is 19.1. The molecule has 0 saturated heterocycles. The average Bonchev–Trinajstić information content (AvgIpc) is 3.36. The van der Waals surface area contributed by atoms with Gasteiger partial charge in [0.2, 0.25) is 0 Å². The van der Waals surface area contributed by atoms with E-state index in [1.807, 2.05) is 9.80 Å². The van der Waals surface area contributed by atoms with Crippen molar-refractivity contribution in [2.75, 3.05) is 39.3 Å². The van der Waals surface area contributed by atoms with Crippen molar-refractivity contribution in [2.24, 2.45) is 0 Å². The molecular weight excluding hydrogens is 873 g/mol. The van der Waals surface area contributed by atoms with E-state index in [0.29, 0.717) is 45.1 Å². The van der Waals surface area contributed by atoms with Crippen LogP contribution in [0.2, 0.25) is 0 Å². The Hall–Kier alpha value is -1.28. The lowest BCUT2D eigenvalue weighted by atomic mass is 9.91. The van der Waals surface area contributed by atoms with Crippen LogP contribution in [0.15, 0.2) is 0 Å². The number of amides is 2. The second-order valence-electron chi connectivity index (χ2n) is 22.4. The van der Waals surface area contributed by atoms with Gasteiger partial charge in [-0.3, -0.25) is 9.59 Å². The normalized spacial score (nSPS) is 16.0. The van der Waals surface area contributed by atoms with Gasteiger partial charge in [0.15, 0.2) is 12.3 Å². The lowest BCUT2D eigenvalue weighted by Crippen LogP contribution is -2.40. The molecule has 1 fully saturated rings. The molecule has 1 N–H and O–H groups in total. The largest absolute Gasteiger partial charge is 0.393 e. The van der Waals surface area contributed by atoms with E-state index in [1.165, 1.54) is 154 Å². The molecule has 0 aromatic carbocycles. The standard InChI is InChI=1S/C62H121F2N3O3/c1-5-9-13-17-21-25-31-41-53-66(54-42-32-26-22-18-14-10-6-2)61(69)59(63)45-37-29-35-39-51-65(57-47-49-58(68)50-48-57)52-40-36-30-38-46-60(64)62(70)67(55-43-33-27-23-19-15-11-7-3)56-44-34-28-24-20-16-12-8-4/h57-60,68H,5-56H2,1-4H3. The molecule has 1 saturated carbocycles. The highest BCUT2D eigenvalue weighted by molar-refractivity contribution is 5.81. The topological polar surface area (TPSA) is 64.1 Å². The van der Waals surface area contributed by atoms with E-state index in [1.54, 1.807) is 0 Å². The van der Waals surface area contributed by atoms with Crippen LogP contribution in [0.3, 0.4) is 0 Å². The molecule has 0 bridgehead atoms. The van der Waals surface area contributed by atoms with Gasteiger partial charge in [0.05, 0.1) is 6.10 Å². The molecule has 0 radical (unpaired) electrons. The molecule has 0 aromatic heterocycles. The van der Waals surface area contributed by atoms with E-state index in [0.717, 1.165) is 142 Å². The summed E-state index contributed by atoms with van der Waals surface area (Å²) >= 11 is 0. The van der Waals surface area contributed by atoms with Crippen LogP contribution < -0.4 is 0 Å². The minimum absolute atomic E-state index is 0.182. The van der Waals surface area contributed by atoms with Crippen molar-refractivity contribution in [3.8, 4) is 0 Å². The van der Waals surface area contributed by atoms with Crippen molar-refractivity contribution in [3.63, 3.8) is 0 Å². The number of nitrogens with zero attached hydrogens (tertiary/aromatic N) is 3. The van der Waals surface area contributed by atoms with E-state index < -0.39 is 12.3 Å². The van der Waals surface area contributed by atoms with Crippen molar-refractivity contribution in [3.05, 3.63) is 0 Å². The molecule has 1 aliphatic carbocycles. The number of rotatable bonds is 53. The maximum Gasteiger partial charge on any atom is 0.257 e. The molecule has 1 rings (SSSR count). The number of halogens is 2. The maximum atomic E-state index is 15.6. The Labute approximate surface area is 435 Å². The SMILES string of the molecule is CCCCCCCCCCN(CCCCCCCCCC)C(=O)C(F)CCCCCCN(CCCCCCC(F)C(=O)N(CCCCCCCCCC)CCCCCCCCCC)C1CCC(O)CC1.